The smallest absolute Gasteiger partial charge is 0.294 e. The van der Waals surface area contributed by atoms with Crippen molar-refractivity contribution in [3.05, 3.63) is 76.6 Å². The van der Waals surface area contributed by atoms with Gasteiger partial charge in [-0.25, -0.2) is 15.0 Å². The zero-order valence-corrected chi connectivity index (χ0v) is 15.7. The summed E-state index contributed by atoms with van der Waals surface area (Å²) in [4.78, 5) is 14.9. The maximum Gasteiger partial charge on any atom is 0.416 e. The van der Waals surface area contributed by atoms with Crippen LogP contribution in [-0.4, -0.2) is 26.4 Å². The molecule has 150 valence electrons. The highest BCUT2D eigenvalue weighted by Gasteiger charge is 2.30. The molecule has 1 aliphatic rings. The van der Waals surface area contributed by atoms with Crippen LogP contribution >= 0.6 is 0 Å². The molecule has 0 atom stereocenters. The van der Waals surface area contributed by atoms with Crippen molar-refractivity contribution in [2.75, 3.05) is 6.54 Å². The molecule has 4 rings (SSSR count). The quantitative estimate of drug-likeness (QED) is 0.476. The lowest BCUT2D eigenvalue weighted by Crippen LogP contribution is -2.31. The van der Waals surface area contributed by atoms with Crippen molar-refractivity contribution in [1.82, 2.24) is 19.9 Å². The molecule has 1 aliphatic heterocycles. The van der Waals surface area contributed by atoms with Crippen molar-refractivity contribution >= 4 is 0 Å². The molecule has 0 fully saturated rings. The van der Waals surface area contributed by atoms with Crippen molar-refractivity contribution in [1.29, 1.82) is 0 Å². The van der Waals surface area contributed by atoms with Crippen LogP contribution in [0.5, 0.6) is 0 Å². The molecule has 0 radical (unpaired) electrons. The second-order valence-electron chi connectivity index (χ2n) is 7.15. The average Bonchev–Trinajstić information content (AvgIpc) is 2.70. The lowest BCUT2D eigenvalue weighted by molar-refractivity contribution is -0.137. The van der Waals surface area contributed by atoms with Crippen molar-refractivity contribution in [2.45, 2.75) is 32.6 Å². The van der Waals surface area contributed by atoms with Crippen LogP contribution in [-0.2, 0) is 25.7 Å². The monoisotopic (exact) mass is 402 g/mol. The number of aromatic nitrogens is 3. The first-order chi connectivity index (χ1) is 13.8. The summed E-state index contributed by atoms with van der Waals surface area (Å²) < 4.78 is 51.5. The van der Waals surface area contributed by atoms with E-state index >= 15 is 0 Å². The van der Waals surface area contributed by atoms with Crippen LogP contribution in [0.1, 0.15) is 27.9 Å². The fourth-order valence-corrected chi connectivity index (χ4v) is 3.42. The number of hydrogen-bond acceptors (Lipinski definition) is 4. The van der Waals surface area contributed by atoms with Crippen LogP contribution in [0.15, 0.2) is 42.7 Å². The normalized spacial score (nSPS) is 14.7. The Morgan fingerprint density at radius 3 is 2.52 bits per heavy atom. The minimum Gasteiger partial charge on any atom is -0.294 e. The topological polar surface area (TPSA) is 41.9 Å². The fourth-order valence-electron chi connectivity index (χ4n) is 3.42. The van der Waals surface area contributed by atoms with Gasteiger partial charge in [0.25, 0.3) is 0 Å². The van der Waals surface area contributed by atoms with Gasteiger partial charge < -0.3 is 0 Å². The Hall–Kier alpha value is -2.87. The van der Waals surface area contributed by atoms with E-state index in [1.54, 1.807) is 25.4 Å². The summed E-state index contributed by atoms with van der Waals surface area (Å²) in [6, 6.07) is 6.66. The second-order valence-corrected chi connectivity index (χ2v) is 7.15. The van der Waals surface area contributed by atoms with Gasteiger partial charge in [-0.1, -0.05) is 12.1 Å². The van der Waals surface area contributed by atoms with Crippen LogP contribution in [0.25, 0.3) is 11.4 Å². The summed E-state index contributed by atoms with van der Waals surface area (Å²) in [5, 5.41) is 0. The molecular formula is C21H18F4N4. The van der Waals surface area contributed by atoms with Gasteiger partial charge in [-0.15, -0.1) is 0 Å². The van der Waals surface area contributed by atoms with E-state index < -0.39 is 17.7 Å². The van der Waals surface area contributed by atoms with Gasteiger partial charge in [-0.3, -0.25) is 4.90 Å². The summed E-state index contributed by atoms with van der Waals surface area (Å²) in [5.74, 6) is -0.0359. The molecular weight excluding hydrogens is 384 g/mol. The molecule has 0 N–H and O–H groups in total. The number of benzene rings is 1. The highest BCUT2D eigenvalue weighted by molar-refractivity contribution is 5.56. The van der Waals surface area contributed by atoms with Crippen molar-refractivity contribution in [3.63, 3.8) is 0 Å². The highest BCUT2D eigenvalue weighted by Crippen LogP contribution is 2.30. The van der Waals surface area contributed by atoms with Crippen molar-refractivity contribution in [3.8, 4) is 11.4 Å². The minimum absolute atomic E-state index is 0.421. The fraction of sp³-hybridized carbons (Fsp3) is 0.286. The molecule has 2 aromatic heterocycles. The molecule has 0 saturated heterocycles. The molecule has 0 amide bonds. The third kappa shape index (κ3) is 4.27. The summed E-state index contributed by atoms with van der Waals surface area (Å²) in [7, 11) is 0. The predicted molar refractivity (Wildman–Crippen MR) is 99.2 cm³/mol. The van der Waals surface area contributed by atoms with Gasteiger partial charge in [0.05, 0.1) is 11.3 Å². The van der Waals surface area contributed by atoms with E-state index in [2.05, 4.69) is 19.9 Å². The largest absolute Gasteiger partial charge is 0.416 e. The number of pyridine rings is 1. The first-order valence-corrected chi connectivity index (χ1v) is 9.15. The number of halogens is 4. The molecule has 4 nitrogen and oxygen atoms in total. The van der Waals surface area contributed by atoms with Crippen molar-refractivity contribution < 1.29 is 17.6 Å². The number of alkyl halides is 3. The summed E-state index contributed by atoms with van der Waals surface area (Å²) in [6.07, 6.45) is -0.381. The van der Waals surface area contributed by atoms with Gasteiger partial charge in [-0.2, -0.15) is 17.6 Å². The Kier molecular flexibility index (Phi) is 5.04. The van der Waals surface area contributed by atoms with Gasteiger partial charge in [0.1, 0.15) is 0 Å². The van der Waals surface area contributed by atoms with Gasteiger partial charge in [0.2, 0.25) is 5.95 Å². The van der Waals surface area contributed by atoms with Gasteiger partial charge in [-0.05, 0) is 30.7 Å². The Morgan fingerprint density at radius 1 is 1.07 bits per heavy atom. The lowest BCUT2D eigenvalue weighted by Gasteiger charge is -2.28. The first kappa shape index (κ1) is 19.4. The molecule has 8 heteroatoms. The number of hydrogen-bond donors (Lipinski definition) is 0. The Morgan fingerprint density at radius 2 is 1.83 bits per heavy atom. The Balaban J connectivity index is 1.49. The van der Waals surface area contributed by atoms with E-state index in [0.717, 1.165) is 35.5 Å². The van der Waals surface area contributed by atoms with Crippen LogP contribution in [0.2, 0.25) is 0 Å². The van der Waals surface area contributed by atoms with Gasteiger partial charge in [0.15, 0.2) is 5.82 Å². The zero-order chi connectivity index (χ0) is 20.6. The van der Waals surface area contributed by atoms with E-state index in [9.17, 15) is 17.6 Å². The van der Waals surface area contributed by atoms with E-state index in [4.69, 9.17) is 0 Å². The van der Waals surface area contributed by atoms with Gasteiger partial charge in [0, 0.05) is 55.1 Å². The van der Waals surface area contributed by atoms with E-state index in [1.165, 1.54) is 12.1 Å². The predicted octanol–water partition coefficient (Wildman–Crippen LogP) is 4.56. The van der Waals surface area contributed by atoms with Crippen LogP contribution in [0.3, 0.4) is 0 Å². The zero-order valence-electron chi connectivity index (χ0n) is 15.7. The molecule has 1 aromatic carbocycles. The Bertz CT molecular complexity index is 1030. The molecule has 0 spiro atoms. The molecule has 0 bridgehead atoms. The molecule has 3 aromatic rings. The molecule has 0 aliphatic carbocycles. The van der Waals surface area contributed by atoms with Crippen molar-refractivity contribution in [2.24, 2.45) is 0 Å². The minimum atomic E-state index is -4.36. The van der Waals surface area contributed by atoms with Crippen LogP contribution in [0, 0.1) is 12.9 Å². The highest BCUT2D eigenvalue weighted by atomic mass is 19.4. The van der Waals surface area contributed by atoms with E-state index in [1.807, 2.05) is 0 Å². The summed E-state index contributed by atoms with van der Waals surface area (Å²) in [6.45, 7) is 3.76. The molecule has 0 saturated carbocycles. The van der Waals surface area contributed by atoms with Crippen LogP contribution in [0.4, 0.5) is 17.6 Å². The molecule has 3 heterocycles. The number of aryl methyl sites for hydroxylation is 1. The third-order valence-corrected chi connectivity index (χ3v) is 4.96. The van der Waals surface area contributed by atoms with E-state index in [0.29, 0.717) is 36.5 Å². The molecule has 0 unspecified atom stereocenters. The lowest BCUT2D eigenvalue weighted by atomic mass is 10.1. The van der Waals surface area contributed by atoms with E-state index in [-0.39, 0.29) is 0 Å². The number of fused-ring (bicyclic) bond motifs is 1. The summed E-state index contributed by atoms with van der Waals surface area (Å²) in [5.41, 5.74) is 3.20. The van der Waals surface area contributed by atoms with Gasteiger partial charge >= 0.3 is 6.18 Å². The maximum atomic E-state index is 13.3. The second kappa shape index (κ2) is 7.51. The molecule has 29 heavy (non-hydrogen) atoms. The SMILES string of the molecule is Cc1cc(CN2CCc3nc(-c4ccc(C(F)(F)F)cc4)ncc3C2)cnc1F. The maximum absolute atomic E-state index is 13.3. The number of rotatable bonds is 3. The first-order valence-electron chi connectivity index (χ1n) is 9.15. The van der Waals surface area contributed by atoms with Crippen LogP contribution < -0.4 is 0 Å². The number of nitrogens with zero attached hydrogens (tertiary/aromatic N) is 4. The third-order valence-electron chi connectivity index (χ3n) is 4.96. The Labute approximate surface area is 165 Å². The average molecular weight is 402 g/mol. The summed E-state index contributed by atoms with van der Waals surface area (Å²) >= 11 is 0. The standard InChI is InChI=1S/C21H18F4N4/c1-13-8-14(9-26-19(13)22)11-29-7-6-18-16(12-29)10-27-20(28-18)15-2-4-17(5-3-15)21(23,24)25/h2-5,8-10H,6-7,11-12H2,1H3.